The third-order valence-corrected chi connectivity index (χ3v) is 3.75. The molecule has 12 heteroatoms. The molecule has 0 aromatic heterocycles. The third-order valence-electron chi connectivity index (χ3n) is 2.74. The minimum absolute atomic E-state index is 0.0968. The first-order valence-electron chi connectivity index (χ1n) is 6.07. The predicted octanol–water partition coefficient (Wildman–Crippen LogP) is 3.71. The molecule has 0 fully saturated rings. The second-order valence-electron chi connectivity index (χ2n) is 4.27. The Morgan fingerprint density at radius 1 is 1.04 bits per heavy atom. The van der Waals surface area contributed by atoms with E-state index in [2.05, 4.69) is 14.1 Å². The normalized spacial score (nSPS) is 13.0. The van der Waals surface area contributed by atoms with E-state index in [1.165, 1.54) is 0 Å². The van der Waals surface area contributed by atoms with Crippen LogP contribution in [0.15, 0.2) is 30.3 Å². The van der Waals surface area contributed by atoms with Gasteiger partial charge in [0.1, 0.15) is 0 Å². The van der Waals surface area contributed by atoms with Crippen LogP contribution < -0.4 is 0 Å². The lowest BCUT2D eigenvalue weighted by Gasteiger charge is -2.32. The van der Waals surface area contributed by atoms with Gasteiger partial charge in [-0.2, -0.15) is 26.3 Å². The lowest BCUT2D eigenvalue weighted by Crippen LogP contribution is -2.60. The topological polar surface area (TPSA) is 65.0 Å². The number of hydrogen-bond donors (Lipinski definition) is 1. The molecule has 1 N–H and O–H groups in total. The second kappa shape index (κ2) is 8.05. The molecule has 0 saturated carbocycles. The van der Waals surface area contributed by atoms with Crippen LogP contribution in [0.3, 0.4) is 0 Å². The molecule has 24 heavy (non-hydrogen) atoms. The summed E-state index contributed by atoms with van der Waals surface area (Å²) in [5, 5.41) is 10.6. The Hall–Kier alpha value is -1.50. The van der Waals surface area contributed by atoms with Gasteiger partial charge in [0.15, 0.2) is 0 Å². The standard InChI is InChI=1S/C12H10F6O5S/c13-11(14,15)10(12(16,17)18,24-23-22-20)9(19)21-7-6-8-4-2-1-3-5-8/h1-5,20H,6-7H2. The van der Waals surface area contributed by atoms with E-state index in [4.69, 9.17) is 5.26 Å². The van der Waals surface area contributed by atoms with Crippen LogP contribution in [-0.2, 0) is 25.3 Å². The summed E-state index contributed by atoms with van der Waals surface area (Å²) >= 11 is -1.46. The van der Waals surface area contributed by atoms with Crippen molar-refractivity contribution in [3.63, 3.8) is 0 Å². The zero-order chi connectivity index (χ0) is 18.4. The van der Waals surface area contributed by atoms with Crippen LogP contribution in [0.1, 0.15) is 5.56 Å². The Morgan fingerprint density at radius 2 is 1.58 bits per heavy atom. The van der Waals surface area contributed by atoms with Crippen LogP contribution in [0.25, 0.3) is 0 Å². The molecule has 0 bridgehead atoms. The summed E-state index contributed by atoms with van der Waals surface area (Å²) in [6, 6.07) is 7.93. The highest BCUT2D eigenvalue weighted by molar-refractivity contribution is 7.96. The van der Waals surface area contributed by atoms with Crippen molar-refractivity contribution in [1.29, 1.82) is 0 Å². The van der Waals surface area contributed by atoms with Gasteiger partial charge in [-0.05, 0) is 5.56 Å². The molecule has 0 aliphatic carbocycles. The van der Waals surface area contributed by atoms with Crippen LogP contribution in [0, 0.1) is 0 Å². The fourth-order valence-electron chi connectivity index (χ4n) is 1.59. The van der Waals surface area contributed by atoms with E-state index < -0.39 is 41.7 Å². The highest BCUT2D eigenvalue weighted by atomic mass is 32.2. The summed E-state index contributed by atoms with van der Waals surface area (Å²) in [5.41, 5.74) is 0.539. The van der Waals surface area contributed by atoms with E-state index >= 15 is 0 Å². The minimum atomic E-state index is -6.13. The Kier molecular flexibility index (Phi) is 6.89. The van der Waals surface area contributed by atoms with E-state index in [0.29, 0.717) is 5.56 Å². The molecule has 0 saturated heterocycles. The van der Waals surface area contributed by atoms with E-state index in [9.17, 15) is 31.1 Å². The van der Waals surface area contributed by atoms with Crippen molar-refractivity contribution in [1.82, 2.24) is 0 Å². The van der Waals surface area contributed by atoms with Gasteiger partial charge >= 0.3 is 23.1 Å². The largest absolute Gasteiger partial charge is 0.464 e. The fraction of sp³-hybridized carbons (Fsp3) is 0.417. The van der Waals surface area contributed by atoms with Crippen molar-refractivity contribution < 1.29 is 50.5 Å². The van der Waals surface area contributed by atoms with Gasteiger partial charge in [0, 0.05) is 6.42 Å². The van der Waals surface area contributed by atoms with Gasteiger partial charge in [-0.1, -0.05) is 35.4 Å². The highest BCUT2D eigenvalue weighted by Gasteiger charge is 2.79. The van der Waals surface area contributed by atoms with Gasteiger partial charge < -0.3 is 4.74 Å². The van der Waals surface area contributed by atoms with Crippen LogP contribution in [0.5, 0.6) is 0 Å². The van der Waals surface area contributed by atoms with E-state index in [-0.39, 0.29) is 6.42 Å². The molecule has 1 aromatic carbocycles. The summed E-state index contributed by atoms with van der Waals surface area (Å²) in [5.74, 6) is -2.64. The molecule has 0 heterocycles. The molecule has 0 aliphatic heterocycles. The SMILES string of the molecule is O=C(OCCc1ccccc1)C(SOOO)(C(F)(F)F)C(F)(F)F. The first-order chi connectivity index (χ1) is 11.1. The lowest BCUT2D eigenvalue weighted by molar-refractivity contribution is -0.434. The molecule has 0 unspecified atom stereocenters. The van der Waals surface area contributed by atoms with E-state index in [0.717, 1.165) is 0 Å². The maximum atomic E-state index is 12.9. The molecule has 1 rings (SSSR count). The average molecular weight is 380 g/mol. The van der Waals surface area contributed by atoms with Crippen LogP contribution in [0.4, 0.5) is 26.3 Å². The summed E-state index contributed by atoms with van der Waals surface area (Å²) in [6.07, 6.45) is -12.4. The van der Waals surface area contributed by atoms with Crippen LogP contribution >= 0.6 is 12.0 Å². The quantitative estimate of drug-likeness (QED) is 0.256. The molecular formula is C12H10F6O5S. The van der Waals surface area contributed by atoms with Crippen molar-refractivity contribution in [2.75, 3.05) is 6.61 Å². The monoisotopic (exact) mass is 380 g/mol. The number of alkyl halides is 6. The van der Waals surface area contributed by atoms with Gasteiger partial charge in [0.25, 0.3) is 0 Å². The van der Waals surface area contributed by atoms with Crippen molar-refractivity contribution >= 4 is 18.0 Å². The van der Waals surface area contributed by atoms with Gasteiger partial charge in [-0.3, -0.25) is 0 Å². The molecule has 0 atom stereocenters. The number of hydrogen-bond acceptors (Lipinski definition) is 6. The summed E-state index contributed by atoms with van der Waals surface area (Å²) in [6.45, 7) is -0.725. The molecule has 5 nitrogen and oxygen atoms in total. The zero-order valence-electron chi connectivity index (χ0n) is 11.6. The molecule has 1 aromatic rings. The van der Waals surface area contributed by atoms with Crippen LogP contribution in [0.2, 0.25) is 0 Å². The number of rotatable bonds is 7. The third kappa shape index (κ3) is 4.53. The number of ether oxygens (including phenoxy) is 1. The molecule has 0 spiro atoms. The van der Waals surface area contributed by atoms with Gasteiger partial charge in [0.2, 0.25) is 0 Å². The second-order valence-corrected chi connectivity index (χ2v) is 5.19. The van der Waals surface area contributed by atoms with Crippen LogP contribution in [-0.4, -0.2) is 34.9 Å². The van der Waals surface area contributed by atoms with Crippen molar-refractivity contribution in [2.24, 2.45) is 0 Å². The summed E-state index contributed by atoms with van der Waals surface area (Å²) in [4.78, 5) is 11.6. The number of esters is 1. The first-order valence-corrected chi connectivity index (χ1v) is 6.81. The summed E-state index contributed by atoms with van der Waals surface area (Å²) < 4.78 is 80.0. The average Bonchev–Trinajstić information content (AvgIpc) is 2.46. The Balaban J connectivity index is 2.94. The number of halogens is 6. The fourth-order valence-corrected chi connectivity index (χ4v) is 2.04. The highest BCUT2D eigenvalue weighted by Crippen LogP contribution is 2.53. The number of carbonyl (C=O) groups is 1. The molecular weight excluding hydrogens is 370 g/mol. The molecule has 0 amide bonds. The van der Waals surface area contributed by atoms with E-state index in [1.807, 2.05) is 0 Å². The Morgan fingerprint density at radius 3 is 2.04 bits per heavy atom. The number of benzene rings is 1. The maximum Gasteiger partial charge on any atom is 0.425 e. The molecule has 0 radical (unpaired) electrons. The molecule has 136 valence electrons. The van der Waals surface area contributed by atoms with Crippen molar-refractivity contribution in [3.05, 3.63) is 35.9 Å². The minimum Gasteiger partial charge on any atom is -0.464 e. The predicted molar refractivity (Wildman–Crippen MR) is 68.3 cm³/mol. The smallest absolute Gasteiger partial charge is 0.425 e. The van der Waals surface area contributed by atoms with Crippen molar-refractivity contribution in [3.8, 4) is 0 Å². The van der Waals surface area contributed by atoms with Gasteiger partial charge in [0.05, 0.1) is 18.6 Å². The van der Waals surface area contributed by atoms with Crippen molar-refractivity contribution in [2.45, 2.75) is 23.5 Å². The van der Waals surface area contributed by atoms with Gasteiger partial charge in [-0.15, -0.1) is 4.33 Å². The van der Waals surface area contributed by atoms with E-state index in [1.54, 1.807) is 30.3 Å². The Bertz CT molecular complexity index is 519. The summed E-state index contributed by atoms with van der Waals surface area (Å²) in [7, 11) is 0. The Labute approximate surface area is 135 Å². The maximum absolute atomic E-state index is 12.9. The zero-order valence-corrected chi connectivity index (χ0v) is 12.4. The molecule has 0 aliphatic rings. The lowest BCUT2D eigenvalue weighted by atomic mass is 10.1. The number of carbonyl (C=O) groups excluding carboxylic acids is 1. The first kappa shape index (κ1) is 20.5. The van der Waals surface area contributed by atoms with Gasteiger partial charge in [-0.25, -0.2) is 10.1 Å².